The third-order valence-electron chi connectivity index (χ3n) is 2.65. The molecule has 0 spiro atoms. The zero-order valence-electron chi connectivity index (χ0n) is 10.9. The van der Waals surface area contributed by atoms with Gasteiger partial charge in [-0.3, -0.25) is 14.3 Å². The lowest BCUT2D eigenvalue weighted by Crippen LogP contribution is -2.20. The van der Waals surface area contributed by atoms with E-state index in [4.69, 9.17) is 34.8 Å². The molecule has 0 atom stereocenters. The average Bonchev–Trinajstić information content (AvgIpc) is 2.74. The van der Waals surface area contributed by atoms with Gasteiger partial charge in [0.1, 0.15) is 5.02 Å². The van der Waals surface area contributed by atoms with E-state index in [1.54, 1.807) is 18.2 Å². The van der Waals surface area contributed by atoms with Gasteiger partial charge in [0.2, 0.25) is 5.78 Å². The Bertz CT molecular complexity index is 692. The first-order chi connectivity index (χ1) is 9.88. The molecule has 8 heteroatoms. The van der Waals surface area contributed by atoms with Gasteiger partial charge in [-0.05, 0) is 12.1 Å². The fraction of sp³-hybridized carbons (Fsp3) is 0.154. The van der Waals surface area contributed by atoms with Crippen LogP contribution < -0.4 is 5.32 Å². The van der Waals surface area contributed by atoms with Crippen LogP contribution in [0.25, 0.3) is 0 Å². The fourth-order valence-electron chi connectivity index (χ4n) is 1.60. The van der Waals surface area contributed by atoms with E-state index in [2.05, 4.69) is 10.4 Å². The van der Waals surface area contributed by atoms with E-state index in [1.807, 2.05) is 0 Å². The number of anilines is 1. The highest BCUT2D eigenvalue weighted by Crippen LogP contribution is 2.26. The van der Waals surface area contributed by atoms with E-state index in [1.165, 1.54) is 10.9 Å². The molecule has 1 aromatic heterocycles. The molecule has 2 rings (SSSR count). The summed E-state index contributed by atoms with van der Waals surface area (Å²) in [5.41, 5.74) is 0.685. The van der Waals surface area contributed by atoms with Crippen molar-refractivity contribution in [3.05, 3.63) is 45.0 Å². The van der Waals surface area contributed by atoms with Crippen LogP contribution in [-0.2, 0) is 16.1 Å². The Labute approximate surface area is 135 Å². The van der Waals surface area contributed by atoms with Gasteiger partial charge in [0.05, 0.1) is 6.54 Å². The van der Waals surface area contributed by atoms with Crippen molar-refractivity contribution in [1.82, 2.24) is 9.78 Å². The number of nitrogens with zero attached hydrogens (tertiary/aromatic N) is 2. The molecule has 0 unspecified atom stereocenters. The van der Waals surface area contributed by atoms with Gasteiger partial charge in [0.15, 0.2) is 5.82 Å². The summed E-state index contributed by atoms with van der Waals surface area (Å²) < 4.78 is 1.48. The number of hydrogen-bond donors (Lipinski definition) is 1. The number of hydrogen-bond acceptors (Lipinski definition) is 3. The number of amides is 1. The number of nitrogens with one attached hydrogen (secondary N) is 1. The van der Waals surface area contributed by atoms with Gasteiger partial charge in [0, 0.05) is 28.7 Å². The van der Waals surface area contributed by atoms with Crippen molar-refractivity contribution in [2.24, 2.45) is 0 Å². The topological polar surface area (TPSA) is 64.0 Å². The van der Waals surface area contributed by atoms with Crippen LogP contribution in [0, 0.1) is 0 Å². The number of benzene rings is 1. The second-order valence-electron chi connectivity index (χ2n) is 4.23. The number of carbonyl (C=O) groups excluding carboxylic acids is 2. The summed E-state index contributed by atoms with van der Waals surface area (Å²) in [6, 6.07) is 5.17. The number of halogens is 3. The van der Waals surface area contributed by atoms with E-state index < -0.39 is 11.7 Å². The maximum Gasteiger partial charge on any atom is 0.292 e. The molecule has 2 aromatic rings. The van der Waals surface area contributed by atoms with Gasteiger partial charge in [-0.25, -0.2) is 0 Å². The van der Waals surface area contributed by atoms with Crippen LogP contribution in [0.3, 0.4) is 0 Å². The molecule has 21 heavy (non-hydrogen) atoms. The van der Waals surface area contributed by atoms with E-state index in [0.29, 0.717) is 15.6 Å². The summed E-state index contributed by atoms with van der Waals surface area (Å²) in [7, 11) is 0. The summed E-state index contributed by atoms with van der Waals surface area (Å²) >= 11 is 18.1. The lowest BCUT2D eigenvalue weighted by molar-refractivity contribution is -0.133. The van der Waals surface area contributed by atoms with Crippen molar-refractivity contribution < 1.29 is 9.59 Å². The van der Waals surface area contributed by atoms with Gasteiger partial charge in [-0.1, -0.05) is 40.9 Å². The Morgan fingerprint density at radius 3 is 2.38 bits per heavy atom. The standard InChI is InChI=1S/C13H10Cl3N3O2/c1-7(20)13(21)17-12-11(16)6-19(18-12)5-8-9(14)3-2-4-10(8)15/h2-4,6H,5H2,1H3,(H,17,18,21). The molecule has 110 valence electrons. The third-order valence-corrected chi connectivity index (χ3v) is 3.64. The largest absolute Gasteiger partial charge is 0.301 e. The normalized spacial score (nSPS) is 10.5. The van der Waals surface area contributed by atoms with Gasteiger partial charge >= 0.3 is 0 Å². The molecule has 0 fully saturated rings. The molecule has 0 bridgehead atoms. The molecule has 1 heterocycles. The molecule has 0 saturated heterocycles. The minimum atomic E-state index is -0.780. The first kappa shape index (κ1) is 15.8. The zero-order valence-corrected chi connectivity index (χ0v) is 13.1. The van der Waals surface area contributed by atoms with E-state index in [9.17, 15) is 9.59 Å². The monoisotopic (exact) mass is 345 g/mol. The Kier molecular flexibility index (Phi) is 4.88. The van der Waals surface area contributed by atoms with Crippen LogP contribution in [0.4, 0.5) is 5.82 Å². The molecular formula is C13H10Cl3N3O2. The Hall–Kier alpha value is -1.56. The number of carbonyl (C=O) groups is 2. The second kappa shape index (κ2) is 6.47. The molecule has 1 N–H and O–H groups in total. The van der Waals surface area contributed by atoms with Crippen molar-refractivity contribution in [3.63, 3.8) is 0 Å². The van der Waals surface area contributed by atoms with Crippen molar-refractivity contribution >= 4 is 52.3 Å². The lowest BCUT2D eigenvalue weighted by Gasteiger charge is -2.06. The molecule has 0 aliphatic carbocycles. The Morgan fingerprint density at radius 1 is 1.19 bits per heavy atom. The third kappa shape index (κ3) is 3.75. The molecule has 1 amide bonds. The van der Waals surface area contributed by atoms with E-state index >= 15 is 0 Å². The van der Waals surface area contributed by atoms with Gasteiger partial charge in [0.25, 0.3) is 5.91 Å². The first-order valence-corrected chi connectivity index (χ1v) is 6.99. The van der Waals surface area contributed by atoms with Gasteiger partial charge in [-0.15, -0.1) is 0 Å². The SMILES string of the molecule is CC(=O)C(=O)Nc1nn(Cc2c(Cl)cccc2Cl)cc1Cl. The van der Waals surface area contributed by atoms with E-state index in [-0.39, 0.29) is 17.4 Å². The summed E-state index contributed by atoms with van der Waals surface area (Å²) in [5.74, 6) is -1.30. The van der Waals surface area contributed by atoms with Crippen molar-refractivity contribution in [1.29, 1.82) is 0 Å². The highest BCUT2D eigenvalue weighted by Gasteiger charge is 2.15. The molecule has 0 radical (unpaired) electrons. The van der Waals surface area contributed by atoms with Crippen molar-refractivity contribution in [3.8, 4) is 0 Å². The summed E-state index contributed by atoms with van der Waals surface area (Å²) in [5, 5.41) is 7.64. The summed E-state index contributed by atoms with van der Waals surface area (Å²) in [4.78, 5) is 22.3. The minimum absolute atomic E-state index is 0.111. The number of Topliss-reactive ketones (excluding diaryl/α,β-unsaturated/α-hetero) is 1. The molecule has 5 nitrogen and oxygen atoms in total. The van der Waals surface area contributed by atoms with Gasteiger partial charge in [-0.2, -0.15) is 5.10 Å². The second-order valence-corrected chi connectivity index (χ2v) is 5.46. The van der Waals surface area contributed by atoms with Crippen LogP contribution >= 0.6 is 34.8 Å². The lowest BCUT2D eigenvalue weighted by atomic mass is 10.2. The molecule has 0 aliphatic rings. The maximum atomic E-state index is 11.3. The molecular weight excluding hydrogens is 337 g/mol. The quantitative estimate of drug-likeness (QED) is 0.863. The first-order valence-electron chi connectivity index (χ1n) is 5.86. The van der Waals surface area contributed by atoms with Gasteiger partial charge < -0.3 is 5.32 Å². The Morgan fingerprint density at radius 2 is 1.81 bits per heavy atom. The number of ketones is 1. The maximum absolute atomic E-state index is 11.3. The summed E-state index contributed by atoms with van der Waals surface area (Å²) in [6.07, 6.45) is 1.51. The molecule has 0 saturated carbocycles. The van der Waals surface area contributed by atoms with Crippen LogP contribution in [-0.4, -0.2) is 21.5 Å². The predicted molar refractivity (Wildman–Crippen MR) is 82.1 cm³/mol. The van der Waals surface area contributed by atoms with Crippen molar-refractivity contribution in [2.45, 2.75) is 13.5 Å². The van der Waals surface area contributed by atoms with Crippen LogP contribution in [0.2, 0.25) is 15.1 Å². The fourth-order valence-corrected chi connectivity index (χ4v) is 2.32. The predicted octanol–water partition coefficient (Wildman–Crippen LogP) is 3.42. The zero-order chi connectivity index (χ0) is 15.6. The minimum Gasteiger partial charge on any atom is -0.301 e. The summed E-state index contributed by atoms with van der Waals surface area (Å²) in [6.45, 7) is 1.44. The van der Waals surface area contributed by atoms with Crippen LogP contribution in [0.5, 0.6) is 0 Å². The number of rotatable bonds is 4. The highest BCUT2D eigenvalue weighted by atomic mass is 35.5. The van der Waals surface area contributed by atoms with E-state index in [0.717, 1.165) is 6.92 Å². The smallest absolute Gasteiger partial charge is 0.292 e. The highest BCUT2D eigenvalue weighted by molar-refractivity contribution is 6.41. The van der Waals surface area contributed by atoms with Crippen molar-refractivity contribution in [2.75, 3.05) is 5.32 Å². The van der Waals surface area contributed by atoms with Crippen LogP contribution in [0.15, 0.2) is 24.4 Å². The molecule has 1 aromatic carbocycles. The number of aromatic nitrogens is 2. The average molecular weight is 347 g/mol. The van der Waals surface area contributed by atoms with Crippen LogP contribution in [0.1, 0.15) is 12.5 Å². The Balaban J connectivity index is 2.23. The molecule has 0 aliphatic heterocycles.